The van der Waals surface area contributed by atoms with Crippen molar-refractivity contribution in [3.63, 3.8) is 0 Å². The van der Waals surface area contributed by atoms with E-state index < -0.39 is 38.6 Å². The molecule has 31 heavy (non-hydrogen) atoms. The highest BCUT2D eigenvalue weighted by Gasteiger charge is 2.37. The summed E-state index contributed by atoms with van der Waals surface area (Å²) in [5.41, 5.74) is -0.269. The van der Waals surface area contributed by atoms with Crippen molar-refractivity contribution in [3.05, 3.63) is 60.2 Å². The van der Waals surface area contributed by atoms with Crippen molar-refractivity contribution in [2.75, 3.05) is 0 Å². The first-order valence-electron chi connectivity index (χ1n) is 10.4. The lowest BCUT2D eigenvalue weighted by Crippen LogP contribution is -2.53. The van der Waals surface area contributed by atoms with Crippen LogP contribution in [0.5, 0.6) is 0 Å². The lowest BCUT2D eigenvalue weighted by Gasteiger charge is -2.33. The van der Waals surface area contributed by atoms with Gasteiger partial charge in [0.25, 0.3) is 0 Å². The molecule has 6 nitrogen and oxygen atoms in total. The van der Waals surface area contributed by atoms with Crippen molar-refractivity contribution in [1.29, 1.82) is 0 Å². The molecule has 0 heterocycles. The molecule has 3 atom stereocenters. The van der Waals surface area contributed by atoms with Crippen molar-refractivity contribution in [2.24, 2.45) is 0 Å². The quantitative estimate of drug-likeness (QED) is 0.597. The largest absolute Gasteiger partial charge is 0.480 e. The summed E-state index contributed by atoms with van der Waals surface area (Å²) in [4.78, 5) is 24.2. The Hall–Kier alpha value is -2.64. The standard InChI is InChI=1S/C24H33NO5Si/c1-23(2,3)30-22(29)25-19(21(27)28)20(26)17-14-10-11-15-18(17)31(24(4,5)6)16-12-8-7-9-13-16/h7-15,19-20,26,31H,1-6H3,(H,25,29)(H,27,28)/t19-,20?,31?/m0/s1. The normalized spacial score (nSPS) is 14.9. The summed E-state index contributed by atoms with van der Waals surface area (Å²) >= 11 is 0. The average molecular weight is 444 g/mol. The summed E-state index contributed by atoms with van der Waals surface area (Å²) in [7, 11) is -1.87. The average Bonchev–Trinajstić information content (AvgIpc) is 2.64. The van der Waals surface area contributed by atoms with Crippen LogP contribution in [0, 0.1) is 0 Å². The predicted molar refractivity (Wildman–Crippen MR) is 125 cm³/mol. The topological polar surface area (TPSA) is 95.9 Å². The Morgan fingerprint density at radius 2 is 1.48 bits per heavy atom. The van der Waals surface area contributed by atoms with E-state index in [0.29, 0.717) is 5.56 Å². The lowest BCUT2D eigenvalue weighted by molar-refractivity contribution is -0.142. The van der Waals surface area contributed by atoms with Gasteiger partial charge in [0, 0.05) is 0 Å². The van der Waals surface area contributed by atoms with Crippen molar-refractivity contribution in [2.45, 2.75) is 64.3 Å². The minimum Gasteiger partial charge on any atom is -0.480 e. The fourth-order valence-electron chi connectivity index (χ4n) is 3.72. The van der Waals surface area contributed by atoms with Crippen molar-refractivity contribution in [3.8, 4) is 0 Å². The lowest BCUT2D eigenvalue weighted by atomic mass is 10.0. The van der Waals surface area contributed by atoms with E-state index in [4.69, 9.17) is 4.74 Å². The fraction of sp³-hybridized carbons (Fsp3) is 0.417. The summed E-state index contributed by atoms with van der Waals surface area (Å²) in [6.07, 6.45) is -2.31. The van der Waals surface area contributed by atoms with Crippen LogP contribution < -0.4 is 15.7 Å². The number of aliphatic hydroxyl groups excluding tert-OH is 1. The Bertz CT molecular complexity index is 902. The van der Waals surface area contributed by atoms with Crippen LogP contribution >= 0.6 is 0 Å². The van der Waals surface area contributed by atoms with E-state index in [2.05, 4.69) is 38.2 Å². The predicted octanol–water partition coefficient (Wildman–Crippen LogP) is 2.84. The van der Waals surface area contributed by atoms with Crippen molar-refractivity contribution < 1.29 is 24.5 Å². The van der Waals surface area contributed by atoms with Gasteiger partial charge >= 0.3 is 12.1 Å². The third kappa shape index (κ3) is 6.67. The number of carboxylic acids is 1. The maximum atomic E-state index is 12.2. The molecule has 0 saturated carbocycles. The molecule has 2 aromatic carbocycles. The summed E-state index contributed by atoms with van der Waals surface area (Å²) in [6, 6.07) is 15.9. The SMILES string of the molecule is CC(C)(C)OC(=O)N[C@H](C(=O)O)C(O)c1ccccc1[SiH](c1ccccc1)C(C)(C)C. The molecule has 0 aliphatic heterocycles. The Morgan fingerprint density at radius 1 is 0.935 bits per heavy atom. The number of aliphatic carboxylic acids is 1. The van der Waals surface area contributed by atoms with Crippen molar-refractivity contribution in [1.82, 2.24) is 5.32 Å². The first-order valence-corrected chi connectivity index (χ1v) is 12.1. The summed E-state index contributed by atoms with van der Waals surface area (Å²) in [6.45, 7) is 11.5. The number of ether oxygens (including phenoxy) is 1. The maximum Gasteiger partial charge on any atom is 0.408 e. The minimum atomic E-state index is -1.87. The first kappa shape index (κ1) is 24.6. The zero-order valence-electron chi connectivity index (χ0n) is 19.0. The summed E-state index contributed by atoms with van der Waals surface area (Å²) < 4.78 is 5.19. The van der Waals surface area contributed by atoms with Gasteiger partial charge in [0.05, 0.1) is 0 Å². The molecule has 1 amide bonds. The second-order valence-electron chi connectivity index (χ2n) is 9.75. The Balaban J connectivity index is 2.48. The molecule has 0 bridgehead atoms. The van der Waals surface area contributed by atoms with Gasteiger partial charge in [-0.05, 0) is 31.4 Å². The molecular formula is C24H33NO5Si. The molecule has 0 fully saturated rings. The number of carbonyl (C=O) groups excluding carboxylic acids is 1. The Labute approximate surface area is 185 Å². The molecular weight excluding hydrogens is 410 g/mol. The smallest absolute Gasteiger partial charge is 0.408 e. The molecule has 7 heteroatoms. The third-order valence-electron chi connectivity index (χ3n) is 4.88. The van der Waals surface area contributed by atoms with Crippen LogP contribution in [0.1, 0.15) is 53.2 Å². The van der Waals surface area contributed by atoms with Gasteiger partial charge in [-0.1, -0.05) is 85.7 Å². The zero-order chi connectivity index (χ0) is 23.4. The number of aliphatic hydroxyl groups is 1. The van der Waals surface area contributed by atoms with Gasteiger partial charge in [-0.2, -0.15) is 0 Å². The van der Waals surface area contributed by atoms with Crippen LogP contribution in [0.25, 0.3) is 0 Å². The number of carbonyl (C=O) groups is 2. The Kier molecular flexibility index (Phi) is 7.67. The van der Waals surface area contributed by atoms with Crippen molar-refractivity contribution >= 4 is 31.2 Å². The van der Waals surface area contributed by atoms with Crippen LogP contribution in [-0.2, 0) is 9.53 Å². The zero-order valence-corrected chi connectivity index (χ0v) is 20.2. The minimum absolute atomic E-state index is 0.0749. The number of hydrogen-bond donors (Lipinski definition) is 3. The third-order valence-corrected chi connectivity index (χ3v) is 8.81. The van der Waals surface area contributed by atoms with Gasteiger partial charge in [-0.15, -0.1) is 0 Å². The molecule has 0 spiro atoms. The number of amides is 1. The van der Waals surface area contributed by atoms with E-state index >= 15 is 0 Å². The number of carboxylic acid groups (broad SMARTS) is 1. The van der Waals surface area contributed by atoms with Gasteiger partial charge in [0.2, 0.25) is 0 Å². The van der Waals surface area contributed by atoms with E-state index in [9.17, 15) is 19.8 Å². The van der Waals surface area contributed by atoms with Crippen LogP contribution in [-0.4, -0.2) is 42.7 Å². The van der Waals surface area contributed by atoms with E-state index in [1.165, 1.54) is 5.19 Å². The molecule has 0 aliphatic rings. The highest BCUT2D eigenvalue weighted by molar-refractivity contribution is 6.87. The number of alkyl carbamates (subject to hydrolysis) is 1. The highest BCUT2D eigenvalue weighted by Crippen LogP contribution is 2.29. The van der Waals surface area contributed by atoms with Crippen LogP contribution in [0.2, 0.25) is 5.04 Å². The molecule has 2 rings (SSSR count). The summed E-state index contributed by atoms with van der Waals surface area (Å²) in [5.74, 6) is -1.33. The fourth-order valence-corrected chi connectivity index (χ4v) is 7.53. The van der Waals surface area contributed by atoms with Gasteiger partial charge in [-0.25, -0.2) is 9.59 Å². The first-order chi connectivity index (χ1) is 14.3. The van der Waals surface area contributed by atoms with E-state index in [1.807, 2.05) is 30.3 Å². The van der Waals surface area contributed by atoms with E-state index in [-0.39, 0.29) is 5.04 Å². The van der Waals surface area contributed by atoms with E-state index in [1.54, 1.807) is 32.9 Å². The summed E-state index contributed by atoms with van der Waals surface area (Å²) in [5, 5.41) is 25.2. The van der Waals surface area contributed by atoms with Crippen LogP contribution in [0.3, 0.4) is 0 Å². The number of benzene rings is 2. The number of nitrogens with one attached hydrogen (secondary N) is 1. The van der Waals surface area contributed by atoms with Crippen LogP contribution in [0.15, 0.2) is 54.6 Å². The molecule has 2 aromatic rings. The number of hydrogen-bond acceptors (Lipinski definition) is 4. The van der Waals surface area contributed by atoms with Crippen LogP contribution in [0.4, 0.5) is 4.79 Å². The molecule has 2 unspecified atom stereocenters. The second-order valence-corrected chi connectivity index (χ2v) is 13.6. The molecule has 0 radical (unpaired) electrons. The van der Waals surface area contributed by atoms with Gasteiger partial charge < -0.3 is 20.3 Å². The molecule has 0 aromatic heterocycles. The van der Waals surface area contributed by atoms with E-state index in [0.717, 1.165) is 5.19 Å². The highest BCUT2D eigenvalue weighted by atomic mass is 28.3. The Morgan fingerprint density at radius 3 is 2.00 bits per heavy atom. The van der Waals surface area contributed by atoms with Gasteiger partial charge in [0.1, 0.15) is 20.5 Å². The molecule has 168 valence electrons. The molecule has 3 N–H and O–H groups in total. The number of rotatable bonds is 6. The molecule has 0 aliphatic carbocycles. The molecule has 0 saturated heterocycles. The second kappa shape index (κ2) is 9.66. The maximum absolute atomic E-state index is 12.2. The van der Waals surface area contributed by atoms with Gasteiger partial charge in [0.15, 0.2) is 6.04 Å². The monoisotopic (exact) mass is 443 g/mol. The van der Waals surface area contributed by atoms with Gasteiger partial charge in [-0.3, -0.25) is 0 Å².